The number of likely N-dealkylation sites (N-methyl/N-ethyl adjacent to an activating group) is 2. The summed E-state index contributed by atoms with van der Waals surface area (Å²) in [5, 5.41) is 2.51. The van der Waals surface area contributed by atoms with Crippen molar-refractivity contribution in [2.45, 2.75) is 44.9 Å². The molecule has 0 spiro atoms. The normalized spacial score (nSPS) is 19.6. The first-order valence-corrected chi connectivity index (χ1v) is 15.9. The highest BCUT2D eigenvalue weighted by atomic mass is 16.5. The molecule has 2 fully saturated rings. The minimum atomic E-state index is -0.232. The lowest BCUT2D eigenvalue weighted by molar-refractivity contribution is -0.128. The summed E-state index contributed by atoms with van der Waals surface area (Å²) in [5.74, 6) is 0.736. The number of likely N-dealkylation sites (tertiary alicyclic amines) is 1. The highest BCUT2D eigenvalue weighted by molar-refractivity contribution is 5.97. The summed E-state index contributed by atoms with van der Waals surface area (Å²) in [4.78, 5) is 37.4. The lowest BCUT2D eigenvalue weighted by Gasteiger charge is -2.44. The number of nitrogens with zero attached hydrogens (tertiary/aromatic N) is 8. The average Bonchev–Trinajstić information content (AvgIpc) is 3.04. The Bertz CT molecular complexity index is 1610. The van der Waals surface area contributed by atoms with Crippen molar-refractivity contribution in [2.24, 2.45) is 0 Å². The van der Waals surface area contributed by atoms with E-state index in [1.54, 1.807) is 4.90 Å². The first-order valence-electron chi connectivity index (χ1n) is 15.9. The van der Waals surface area contributed by atoms with Crippen LogP contribution in [0, 0.1) is 13.5 Å². The van der Waals surface area contributed by atoms with E-state index in [1.807, 2.05) is 0 Å². The molecule has 2 atom stereocenters. The van der Waals surface area contributed by atoms with Crippen molar-refractivity contribution in [2.75, 3.05) is 76.3 Å². The molecule has 0 saturated carbocycles. The SMILES string of the molecule is [C-]#[N+]C[C@H]1CN(c2nc(OC[C@H](C)N(C)C3CN(C)C3)nc3c2CCN(c2cccc4cccc(C)c24)C3)CCN1C(=O)C=C. The first-order chi connectivity index (χ1) is 21.8. The summed E-state index contributed by atoms with van der Waals surface area (Å²) in [7, 11) is 4.31. The predicted octanol–water partition coefficient (Wildman–Crippen LogP) is 3.64. The Hall–Kier alpha value is -4.20. The summed E-state index contributed by atoms with van der Waals surface area (Å²) in [6.45, 7) is 21.6. The number of hydrogen-bond acceptors (Lipinski definition) is 8. The molecular formula is C35H44N8O2. The van der Waals surface area contributed by atoms with Crippen molar-refractivity contribution in [3.8, 4) is 6.01 Å². The van der Waals surface area contributed by atoms with Gasteiger partial charge < -0.3 is 29.2 Å². The van der Waals surface area contributed by atoms with Gasteiger partial charge in [-0.15, -0.1) is 0 Å². The molecule has 45 heavy (non-hydrogen) atoms. The van der Waals surface area contributed by atoms with Crippen molar-refractivity contribution in [3.63, 3.8) is 0 Å². The van der Waals surface area contributed by atoms with E-state index < -0.39 is 0 Å². The minimum Gasteiger partial charge on any atom is -0.462 e. The second-order valence-electron chi connectivity index (χ2n) is 12.8. The zero-order valence-corrected chi connectivity index (χ0v) is 26.9. The standard InChI is InChI=1S/C35H44N8O2/c1-7-32(44)43-17-16-42(21-27(43)18-36-4)34-29-14-15-41(31-13-9-12-26-11-8-10-24(2)33(26)31)22-30(29)37-35(38-34)45-23-25(3)40(6)28-19-39(5)20-28/h7-13,25,27-28H,1,14-23H2,2-3,5-6H3/t25-,27-/m0/s1. The van der Waals surface area contributed by atoms with Gasteiger partial charge in [-0.3, -0.25) is 9.69 Å². The number of piperazine rings is 1. The van der Waals surface area contributed by atoms with E-state index in [0.717, 1.165) is 43.1 Å². The molecule has 2 aromatic carbocycles. The maximum atomic E-state index is 12.6. The van der Waals surface area contributed by atoms with Gasteiger partial charge in [0.15, 0.2) is 0 Å². The molecule has 10 nitrogen and oxygen atoms in total. The number of amides is 1. The molecule has 10 heteroatoms. The van der Waals surface area contributed by atoms with Gasteiger partial charge in [0.2, 0.25) is 12.5 Å². The third-order valence-corrected chi connectivity index (χ3v) is 9.77. The van der Waals surface area contributed by atoms with Gasteiger partial charge in [-0.2, -0.15) is 9.97 Å². The van der Waals surface area contributed by atoms with Gasteiger partial charge in [-0.1, -0.05) is 36.9 Å². The molecule has 236 valence electrons. The molecule has 3 aliphatic heterocycles. The summed E-state index contributed by atoms with van der Waals surface area (Å²) in [5.41, 5.74) is 4.58. The Labute approximate surface area is 266 Å². The lowest BCUT2D eigenvalue weighted by atomic mass is 9.99. The average molecular weight is 609 g/mol. The van der Waals surface area contributed by atoms with E-state index in [2.05, 4.69) is 95.4 Å². The van der Waals surface area contributed by atoms with Gasteiger partial charge in [0.25, 0.3) is 0 Å². The fraction of sp³-hybridized carbons (Fsp3) is 0.486. The molecule has 0 bridgehead atoms. The van der Waals surface area contributed by atoms with Crippen LogP contribution in [0.3, 0.4) is 0 Å². The Balaban J connectivity index is 1.31. The van der Waals surface area contributed by atoms with Crippen LogP contribution in [-0.2, 0) is 17.8 Å². The van der Waals surface area contributed by atoms with E-state index in [-0.39, 0.29) is 24.5 Å². The number of aryl methyl sites for hydroxylation is 1. The Morgan fingerprint density at radius 2 is 1.93 bits per heavy atom. The zero-order chi connectivity index (χ0) is 31.7. The van der Waals surface area contributed by atoms with Crippen LogP contribution >= 0.6 is 0 Å². The van der Waals surface area contributed by atoms with Crippen molar-refractivity contribution in [1.29, 1.82) is 0 Å². The molecule has 1 amide bonds. The van der Waals surface area contributed by atoms with Crippen LogP contribution in [0.4, 0.5) is 11.5 Å². The monoisotopic (exact) mass is 608 g/mol. The number of fused-ring (bicyclic) bond motifs is 2. The quantitative estimate of drug-likeness (QED) is 0.270. The van der Waals surface area contributed by atoms with Crippen LogP contribution < -0.4 is 14.5 Å². The molecule has 0 N–H and O–H groups in total. The van der Waals surface area contributed by atoms with E-state index in [4.69, 9.17) is 21.3 Å². The maximum Gasteiger partial charge on any atom is 0.318 e. The van der Waals surface area contributed by atoms with Gasteiger partial charge in [-0.25, -0.2) is 6.57 Å². The van der Waals surface area contributed by atoms with E-state index in [1.165, 1.54) is 28.1 Å². The van der Waals surface area contributed by atoms with Gasteiger partial charge in [0.05, 0.1) is 12.2 Å². The summed E-state index contributed by atoms with van der Waals surface area (Å²) in [6, 6.07) is 13.9. The van der Waals surface area contributed by atoms with Crippen LogP contribution in [0.25, 0.3) is 15.6 Å². The fourth-order valence-corrected chi connectivity index (χ4v) is 7.00. The van der Waals surface area contributed by atoms with Gasteiger partial charge in [0.1, 0.15) is 18.5 Å². The van der Waals surface area contributed by atoms with Gasteiger partial charge in [-0.05, 0) is 57.5 Å². The third-order valence-electron chi connectivity index (χ3n) is 9.77. The molecule has 2 saturated heterocycles. The van der Waals surface area contributed by atoms with Crippen molar-refractivity contribution in [3.05, 3.63) is 77.3 Å². The first kappa shape index (κ1) is 30.8. The predicted molar refractivity (Wildman–Crippen MR) is 179 cm³/mol. The number of anilines is 2. The Kier molecular flexibility index (Phi) is 8.92. The van der Waals surface area contributed by atoms with Crippen LogP contribution in [-0.4, -0.2) is 115 Å². The summed E-state index contributed by atoms with van der Waals surface area (Å²) in [6.07, 6.45) is 2.13. The van der Waals surface area contributed by atoms with Crippen molar-refractivity contribution in [1.82, 2.24) is 24.7 Å². The van der Waals surface area contributed by atoms with Gasteiger partial charge >= 0.3 is 6.01 Å². The molecule has 0 radical (unpaired) electrons. The number of benzene rings is 2. The Morgan fingerprint density at radius 3 is 2.67 bits per heavy atom. The molecule has 0 aliphatic carbocycles. The van der Waals surface area contributed by atoms with E-state index in [9.17, 15) is 4.79 Å². The molecule has 0 unspecified atom stereocenters. The van der Waals surface area contributed by atoms with E-state index >= 15 is 0 Å². The number of ether oxygens (including phenoxy) is 1. The minimum absolute atomic E-state index is 0.131. The van der Waals surface area contributed by atoms with Crippen molar-refractivity contribution >= 4 is 28.2 Å². The number of carbonyl (C=O) groups excluding carboxylic acids is 1. The van der Waals surface area contributed by atoms with E-state index in [0.29, 0.717) is 44.8 Å². The molecule has 1 aromatic heterocycles. The topological polar surface area (TPSA) is 72.6 Å². The highest BCUT2D eigenvalue weighted by Gasteiger charge is 2.35. The largest absolute Gasteiger partial charge is 0.462 e. The number of hydrogen-bond donors (Lipinski definition) is 0. The van der Waals surface area contributed by atoms with Crippen LogP contribution in [0.5, 0.6) is 6.01 Å². The van der Waals surface area contributed by atoms with Crippen LogP contribution in [0.2, 0.25) is 0 Å². The van der Waals surface area contributed by atoms with Crippen LogP contribution in [0.15, 0.2) is 49.1 Å². The third kappa shape index (κ3) is 6.20. The number of carbonyl (C=O) groups is 1. The lowest BCUT2D eigenvalue weighted by Crippen LogP contribution is -2.59. The number of aromatic nitrogens is 2. The molecule has 3 aromatic rings. The molecule has 4 heterocycles. The maximum absolute atomic E-state index is 12.6. The Morgan fingerprint density at radius 1 is 1.16 bits per heavy atom. The smallest absolute Gasteiger partial charge is 0.318 e. The zero-order valence-electron chi connectivity index (χ0n) is 26.9. The van der Waals surface area contributed by atoms with Crippen molar-refractivity contribution < 1.29 is 9.53 Å². The molecule has 3 aliphatic rings. The summed E-state index contributed by atoms with van der Waals surface area (Å²) >= 11 is 0. The van der Waals surface area contributed by atoms with Crippen LogP contribution in [0.1, 0.15) is 23.7 Å². The fourth-order valence-electron chi connectivity index (χ4n) is 7.00. The second-order valence-corrected chi connectivity index (χ2v) is 12.8. The molecular weight excluding hydrogens is 564 g/mol. The summed E-state index contributed by atoms with van der Waals surface area (Å²) < 4.78 is 6.36. The van der Waals surface area contributed by atoms with Gasteiger partial charge in [0, 0.05) is 68.0 Å². The second kappa shape index (κ2) is 13.0. The number of rotatable bonds is 9. The highest BCUT2D eigenvalue weighted by Crippen LogP contribution is 2.36. The molecule has 6 rings (SSSR count).